The summed E-state index contributed by atoms with van der Waals surface area (Å²) in [6.45, 7) is 18.5. The molecule has 4 fully saturated rings. The summed E-state index contributed by atoms with van der Waals surface area (Å²) in [5.74, 6) is 1.56. The number of alkyl carbamates (subject to hydrolysis) is 1. The lowest BCUT2D eigenvalue weighted by Crippen LogP contribution is -2.42. The quantitative estimate of drug-likeness (QED) is 0.00964. The second-order valence-corrected chi connectivity index (χ2v) is 23.2. The van der Waals surface area contributed by atoms with Crippen molar-refractivity contribution >= 4 is 110 Å². The van der Waals surface area contributed by atoms with E-state index < -0.39 is 5.60 Å². The first-order valence-electron chi connectivity index (χ1n) is 29.3. The standard InChI is InChI=1S/C22H30N8O3S.C17H25ClN6O4S.C10H14N2O.C4H8O2.C4H10O.CH4/c1-31-33-34-21-18-19(24-15-4-2-14(23)3-5-15)26-22(27-20(18)28-29-21)25-16-6-8-17(9-7-16)30-10-12-32-13-11-30;1-17(2,3)27-16(25)20-10-7-5-9(6-8-10)19-12-11-13(22-15(18)21-12)23-24-14(11)29-28-26-4;11-9-1-3-10(4-2-9)12-5-7-13-8-6-12;1-3-6-4(2)5;1-2-3-4-5;/h6-9,14-15H,2-5,10-13,23H2,1H3,(H3,24,25,26,27,28,29);9-10H,5-8H2,1-4H3,(H,20,25)(H2,19,21,22,23,24);1-4H,5-8,11H2;3H2,1-2H3;5H,2-4H2,1H3;1H4. The van der Waals surface area contributed by atoms with E-state index in [2.05, 4.69) is 107 Å². The van der Waals surface area contributed by atoms with Crippen LogP contribution >= 0.6 is 35.7 Å². The van der Waals surface area contributed by atoms with Gasteiger partial charge in [-0.25, -0.2) is 14.6 Å². The Kier molecular flexibility index (Phi) is 31.6. The zero-order chi connectivity index (χ0) is 62.6. The second-order valence-electron chi connectivity index (χ2n) is 21.4. The fourth-order valence-corrected chi connectivity index (χ4v) is 10.5. The van der Waals surface area contributed by atoms with Gasteiger partial charge in [-0.15, -0.1) is 0 Å². The number of carbonyl (C=O) groups excluding carboxylic acids is 2. The van der Waals surface area contributed by atoms with Crippen molar-refractivity contribution in [2.24, 2.45) is 5.73 Å². The Bertz CT molecular complexity index is 2950. The number of aromatic nitrogens is 8. The summed E-state index contributed by atoms with van der Waals surface area (Å²) in [6.07, 6.45) is 9.01. The number of nitrogens with one attached hydrogen (secondary N) is 6. The van der Waals surface area contributed by atoms with E-state index in [4.69, 9.17) is 60.9 Å². The van der Waals surface area contributed by atoms with Crippen molar-refractivity contribution in [3.8, 4) is 0 Å². The Balaban J connectivity index is 0.000000234. The monoisotopic (exact) mass is 1290 g/mol. The third-order valence-corrected chi connectivity index (χ3v) is 15.1. The van der Waals surface area contributed by atoms with Crippen LogP contribution in [0.25, 0.3) is 22.1 Å². The molecule has 4 aromatic heterocycles. The van der Waals surface area contributed by atoms with Crippen LogP contribution in [0.1, 0.15) is 113 Å². The van der Waals surface area contributed by atoms with Crippen LogP contribution in [-0.4, -0.2) is 167 Å². The first-order valence-corrected chi connectivity index (χ1v) is 31.2. The number of rotatable bonds is 18. The number of esters is 1. The van der Waals surface area contributed by atoms with E-state index in [1.807, 2.05) is 45.0 Å². The molecule has 4 aliphatic rings. The summed E-state index contributed by atoms with van der Waals surface area (Å²) in [6, 6.07) is 17.1. The Labute approximate surface area is 529 Å². The number of nitrogens with two attached hydrogens (primary N) is 2. The first kappa shape index (κ1) is 72.5. The number of ether oxygens (including phenoxy) is 4. The molecule has 6 heterocycles. The second kappa shape index (κ2) is 38.3. The van der Waals surface area contributed by atoms with Crippen LogP contribution in [0.4, 0.5) is 45.1 Å². The minimum absolute atomic E-state index is 0. The molecule has 1 amide bonds. The molecule has 0 atom stereocenters. The van der Waals surface area contributed by atoms with Crippen LogP contribution in [0.15, 0.2) is 58.6 Å². The van der Waals surface area contributed by atoms with Crippen molar-refractivity contribution in [2.45, 2.75) is 153 Å². The van der Waals surface area contributed by atoms with E-state index in [-0.39, 0.29) is 48.9 Å². The Hall–Kier alpha value is -6.25. The highest BCUT2D eigenvalue weighted by molar-refractivity contribution is 7.95. The molecule has 10 rings (SSSR count). The van der Waals surface area contributed by atoms with Gasteiger partial charge in [-0.1, -0.05) is 20.8 Å². The number of aromatic amines is 2. The van der Waals surface area contributed by atoms with Gasteiger partial charge in [0.1, 0.15) is 17.2 Å². The highest BCUT2D eigenvalue weighted by Gasteiger charge is 2.28. The number of nitrogens with zero attached hydrogens (tertiary/aromatic N) is 8. The van der Waals surface area contributed by atoms with Crippen LogP contribution in [0, 0.1) is 0 Å². The summed E-state index contributed by atoms with van der Waals surface area (Å²) in [5.41, 5.74) is 16.4. The molecular formula is C58H91ClN16O11S2. The first-order chi connectivity index (χ1) is 42.0. The van der Waals surface area contributed by atoms with E-state index in [1.54, 1.807) is 6.92 Å². The number of anilines is 7. The lowest BCUT2D eigenvalue weighted by atomic mass is 9.91. The maximum absolute atomic E-state index is 12.0. The molecule has 2 aliphatic carbocycles. The van der Waals surface area contributed by atoms with Gasteiger partial charge in [0.15, 0.2) is 21.3 Å². The SMILES string of the molecule is C.CCCCO.CCOC(C)=O.COOSc1n[nH]c2nc(Cl)nc(NC3CCC(NC(=O)OC(C)(C)C)CC3)c12.COOSc1n[nH]c2nc(Nc3ccc(N4CCOCC4)cc3)nc(NC3CCC(N)CC3)c12.Nc1ccc(N2CCOCC2)cc1. The van der Waals surface area contributed by atoms with Gasteiger partial charge in [-0.3, -0.25) is 15.0 Å². The summed E-state index contributed by atoms with van der Waals surface area (Å²) < 4.78 is 30.4. The number of aliphatic hydroxyl groups is 1. The molecule has 0 radical (unpaired) electrons. The fraction of sp³-hybridized carbons (Fsp3) is 0.586. The number of morpholine rings is 2. The molecule has 0 unspecified atom stereocenters. The van der Waals surface area contributed by atoms with Crippen LogP contribution in [-0.2, 0) is 42.2 Å². The average Bonchev–Trinajstić information content (AvgIpc) is 1.87. The van der Waals surface area contributed by atoms with Crippen molar-refractivity contribution in [3.05, 3.63) is 53.8 Å². The molecule has 11 N–H and O–H groups in total. The number of hydrogen-bond acceptors (Lipinski definition) is 26. The lowest BCUT2D eigenvalue weighted by molar-refractivity contribution is -0.160. The molecule has 30 heteroatoms. The van der Waals surface area contributed by atoms with Gasteiger partial charge in [0.2, 0.25) is 11.2 Å². The number of aliphatic hydroxyl groups excluding tert-OH is 1. The molecule has 0 spiro atoms. The van der Waals surface area contributed by atoms with Crippen LogP contribution < -0.4 is 42.5 Å². The van der Waals surface area contributed by atoms with Crippen molar-refractivity contribution in [3.63, 3.8) is 0 Å². The summed E-state index contributed by atoms with van der Waals surface area (Å²) in [4.78, 5) is 53.7. The maximum Gasteiger partial charge on any atom is 0.407 e. The van der Waals surface area contributed by atoms with E-state index in [1.165, 1.54) is 32.5 Å². The Morgan fingerprint density at radius 3 is 1.65 bits per heavy atom. The number of amides is 1. The number of unbranched alkanes of at least 4 members (excludes halogenated alkanes) is 1. The molecule has 0 bridgehead atoms. The van der Waals surface area contributed by atoms with Gasteiger partial charge in [-0.05, 0) is 146 Å². The average molecular weight is 1290 g/mol. The summed E-state index contributed by atoms with van der Waals surface area (Å²) in [7, 11) is 2.87. The molecule has 2 aromatic carbocycles. The maximum atomic E-state index is 12.0. The van der Waals surface area contributed by atoms with E-state index in [0.29, 0.717) is 57.5 Å². The molecule has 2 aliphatic heterocycles. The number of nitrogen functional groups attached to an aromatic ring is 1. The normalized spacial score (nSPS) is 18.3. The van der Waals surface area contributed by atoms with Crippen LogP contribution in [0.5, 0.6) is 0 Å². The topological polar surface area (TPSA) is 344 Å². The predicted molar refractivity (Wildman–Crippen MR) is 347 cm³/mol. The number of carbonyl (C=O) groups is 2. The van der Waals surface area contributed by atoms with Gasteiger partial charge in [0.05, 0.1) is 82.1 Å². The number of hydrogen-bond donors (Lipinski definition) is 9. The van der Waals surface area contributed by atoms with Crippen molar-refractivity contribution in [1.29, 1.82) is 0 Å². The Morgan fingerprint density at radius 2 is 1.20 bits per heavy atom. The fourth-order valence-electron chi connectivity index (χ4n) is 9.38. The van der Waals surface area contributed by atoms with Gasteiger partial charge in [0.25, 0.3) is 0 Å². The van der Waals surface area contributed by atoms with Crippen LogP contribution in [0.3, 0.4) is 0 Å². The van der Waals surface area contributed by atoms with E-state index >= 15 is 0 Å². The third-order valence-electron chi connectivity index (χ3n) is 13.6. The summed E-state index contributed by atoms with van der Waals surface area (Å²) in [5, 5.41) is 38.4. The zero-order valence-corrected chi connectivity index (χ0v) is 53.4. The van der Waals surface area contributed by atoms with Crippen molar-refractivity contribution < 1.29 is 52.1 Å². The third kappa shape index (κ3) is 24.6. The smallest absolute Gasteiger partial charge is 0.407 e. The largest absolute Gasteiger partial charge is 0.466 e. The number of fused-ring (bicyclic) bond motifs is 2. The van der Waals surface area contributed by atoms with E-state index in [0.717, 1.165) is 158 Å². The Morgan fingerprint density at radius 1 is 0.727 bits per heavy atom. The van der Waals surface area contributed by atoms with Gasteiger partial charge in [0, 0.05) is 86.6 Å². The predicted octanol–water partition coefficient (Wildman–Crippen LogP) is 10.1. The molecule has 6 aromatic rings. The molecular weight excluding hydrogens is 1200 g/mol. The summed E-state index contributed by atoms with van der Waals surface area (Å²) >= 11 is 8.03. The van der Waals surface area contributed by atoms with Gasteiger partial charge < -0.3 is 66.6 Å². The van der Waals surface area contributed by atoms with Crippen molar-refractivity contribution in [1.82, 2.24) is 45.6 Å². The highest BCUT2D eigenvalue weighted by Crippen LogP contribution is 2.35. The molecule has 488 valence electrons. The molecule has 88 heavy (non-hydrogen) atoms. The number of benzene rings is 2. The lowest BCUT2D eigenvalue weighted by Gasteiger charge is -2.30. The molecule has 2 saturated heterocycles. The van der Waals surface area contributed by atoms with Gasteiger partial charge in [-0.2, -0.15) is 38.8 Å². The molecule has 2 saturated carbocycles. The van der Waals surface area contributed by atoms with Crippen molar-refractivity contribution in [2.75, 3.05) is 112 Å². The van der Waals surface area contributed by atoms with Crippen LogP contribution in [0.2, 0.25) is 5.28 Å². The minimum Gasteiger partial charge on any atom is -0.466 e. The zero-order valence-electron chi connectivity index (χ0n) is 51.0. The number of H-pyrrole nitrogens is 2. The van der Waals surface area contributed by atoms with E-state index in [9.17, 15) is 9.59 Å². The highest BCUT2D eigenvalue weighted by atomic mass is 35.5. The minimum atomic E-state index is -0.507. The molecule has 27 nitrogen and oxygen atoms in total. The number of halogens is 1. The van der Waals surface area contributed by atoms with Gasteiger partial charge >= 0.3 is 12.1 Å².